The third-order valence-corrected chi connectivity index (χ3v) is 2.65. The van der Waals surface area contributed by atoms with Crippen molar-refractivity contribution in [3.05, 3.63) is 18.2 Å². The van der Waals surface area contributed by atoms with Gasteiger partial charge in [-0.15, -0.1) is 0 Å². The van der Waals surface area contributed by atoms with Gasteiger partial charge in [-0.25, -0.2) is 4.98 Å². The van der Waals surface area contributed by atoms with Gasteiger partial charge >= 0.3 is 0 Å². The number of phenolic OH excluding ortho intramolecular Hbond substituents is 1. The summed E-state index contributed by atoms with van der Waals surface area (Å²) in [7, 11) is 3.91. The van der Waals surface area contributed by atoms with Crippen LogP contribution in [0.1, 0.15) is 0 Å². The van der Waals surface area contributed by atoms with Gasteiger partial charge in [-0.1, -0.05) is 0 Å². The molecule has 0 aliphatic carbocycles. The largest absolute Gasteiger partial charge is 0.508 e. The number of aryl methyl sites for hydroxylation is 1. The zero-order valence-corrected chi connectivity index (χ0v) is 9.51. The van der Waals surface area contributed by atoms with Gasteiger partial charge < -0.3 is 20.3 Å². The number of rotatable bonds is 3. The lowest BCUT2D eigenvalue weighted by Gasteiger charge is -2.16. The highest BCUT2D eigenvalue weighted by atomic mass is 16.3. The summed E-state index contributed by atoms with van der Waals surface area (Å²) in [6, 6.07) is 5.18. The summed E-state index contributed by atoms with van der Waals surface area (Å²) in [6.07, 6.45) is 0. The summed E-state index contributed by atoms with van der Waals surface area (Å²) in [5.74, 6) is 1.09. The van der Waals surface area contributed by atoms with Crippen molar-refractivity contribution in [1.29, 1.82) is 0 Å². The molecule has 1 aromatic carbocycles. The van der Waals surface area contributed by atoms with Crippen LogP contribution < -0.4 is 10.6 Å². The van der Waals surface area contributed by atoms with E-state index in [1.54, 1.807) is 12.1 Å². The molecule has 2 rings (SSSR count). The lowest BCUT2D eigenvalue weighted by Crippen LogP contribution is -2.27. The molecule has 0 saturated carbocycles. The molecule has 0 bridgehead atoms. The molecular weight excluding hydrogens is 204 g/mol. The maximum absolute atomic E-state index is 9.39. The van der Waals surface area contributed by atoms with Gasteiger partial charge in [0.05, 0.1) is 11.0 Å². The maximum Gasteiger partial charge on any atom is 0.206 e. The van der Waals surface area contributed by atoms with Crippen LogP contribution >= 0.6 is 0 Å². The summed E-state index contributed by atoms with van der Waals surface area (Å²) in [5, 5.41) is 9.39. The summed E-state index contributed by atoms with van der Waals surface area (Å²) in [6.45, 7) is 1.34. The van der Waals surface area contributed by atoms with Crippen LogP contribution in [-0.4, -0.2) is 34.8 Å². The van der Waals surface area contributed by atoms with E-state index in [-0.39, 0.29) is 5.75 Å². The molecule has 5 nitrogen and oxygen atoms in total. The number of aromatic hydroxyl groups is 1. The zero-order chi connectivity index (χ0) is 11.7. The maximum atomic E-state index is 9.39. The Morgan fingerprint density at radius 2 is 2.25 bits per heavy atom. The second kappa shape index (κ2) is 4.02. The minimum atomic E-state index is 0.235. The van der Waals surface area contributed by atoms with Crippen molar-refractivity contribution < 1.29 is 5.11 Å². The summed E-state index contributed by atoms with van der Waals surface area (Å²) < 4.78 is 1.99. The third kappa shape index (κ3) is 1.69. The molecule has 16 heavy (non-hydrogen) atoms. The molecule has 0 unspecified atom stereocenters. The Kier molecular flexibility index (Phi) is 2.70. The van der Waals surface area contributed by atoms with Crippen molar-refractivity contribution in [3.8, 4) is 5.75 Å². The van der Waals surface area contributed by atoms with Gasteiger partial charge in [-0.05, 0) is 12.1 Å². The number of nitrogens with two attached hydrogens (primary N) is 1. The van der Waals surface area contributed by atoms with Gasteiger partial charge in [0.1, 0.15) is 5.75 Å². The Morgan fingerprint density at radius 3 is 2.94 bits per heavy atom. The number of nitrogens with zero attached hydrogens (tertiary/aromatic N) is 3. The van der Waals surface area contributed by atoms with Crippen LogP contribution in [0.25, 0.3) is 11.0 Å². The molecule has 0 fully saturated rings. The number of anilines is 1. The van der Waals surface area contributed by atoms with Crippen molar-refractivity contribution in [2.75, 3.05) is 25.0 Å². The lowest BCUT2D eigenvalue weighted by molar-refractivity contribution is 0.476. The van der Waals surface area contributed by atoms with Crippen LogP contribution in [0.5, 0.6) is 5.75 Å². The van der Waals surface area contributed by atoms with E-state index in [1.165, 1.54) is 0 Å². The van der Waals surface area contributed by atoms with E-state index in [0.717, 1.165) is 23.5 Å². The number of hydrogen-bond donors (Lipinski definition) is 2. The smallest absolute Gasteiger partial charge is 0.206 e. The monoisotopic (exact) mass is 220 g/mol. The summed E-state index contributed by atoms with van der Waals surface area (Å²) in [5.41, 5.74) is 7.31. The van der Waals surface area contributed by atoms with Crippen molar-refractivity contribution in [1.82, 2.24) is 9.55 Å². The molecule has 5 heteroatoms. The molecule has 0 aliphatic rings. The SMILES string of the molecule is CN(CCN)c1nc2cc(O)ccc2n1C. The highest BCUT2D eigenvalue weighted by Crippen LogP contribution is 2.23. The van der Waals surface area contributed by atoms with Crippen LogP contribution in [0.2, 0.25) is 0 Å². The first-order chi connectivity index (χ1) is 7.63. The fourth-order valence-corrected chi connectivity index (χ4v) is 1.81. The molecule has 0 aliphatic heterocycles. The van der Waals surface area contributed by atoms with Crippen LogP contribution in [0.3, 0.4) is 0 Å². The first-order valence-corrected chi connectivity index (χ1v) is 5.20. The molecule has 0 atom stereocenters. The topological polar surface area (TPSA) is 67.3 Å². The van der Waals surface area contributed by atoms with Gasteiger partial charge in [0, 0.05) is 33.3 Å². The van der Waals surface area contributed by atoms with Crippen LogP contribution in [0.4, 0.5) is 5.95 Å². The van der Waals surface area contributed by atoms with Crippen molar-refractivity contribution >= 4 is 17.0 Å². The van der Waals surface area contributed by atoms with Gasteiger partial charge in [-0.3, -0.25) is 0 Å². The molecule has 86 valence electrons. The van der Waals surface area contributed by atoms with Gasteiger partial charge in [0.15, 0.2) is 0 Å². The quantitative estimate of drug-likeness (QED) is 0.798. The number of hydrogen-bond acceptors (Lipinski definition) is 4. The lowest BCUT2D eigenvalue weighted by atomic mass is 10.3. The molecule has 0 spiro atoms. The molecule has 0 radical (unpaired) electrons. The van der Waals surface area contributed by atoms with E-state index >= 15 is 0 Å². The number of benzene rings is 1. The fourth-order valence-electron chi connectivity index (χ4n) is 1.81. The number of phenols is 1. The zero-order valence-electron chi connectivity index (χ0n) is 9.51. The molecule has 0 amide bonds. The molecule has 0 saturated heterocycles. The first kappa shape index (κ1) is 10.8. The average molecular weight is 220 g/mol. The minimum Gasteiger partial charge on any atom is -0.508 e. The average Bonchev–Trinajstić information content (AvgIpc) is 2.56. The Balaban J connectivity index is 2.51. The normalized spacial score (nSPS) is 10.9. The Labute approximate surface area is 94.1 Å². The molecule has 1 aromatic heterocycles. The number of imidazole rings is 1. The van der Waals surface area contributed by atoms with Crippen LogP contribution in [0, 0.1) is 0 Å². The number of aromatic nitrogens is 2. The Hall–Kier alpha value is -1.75. The first-order valence-electron chi connectivity index (χ1n) is 5.20. The van der Waals surface area contributed by atoms with E-state index in [2.05, 4.69) is 4.98 Å². The Morgan fingerprint density at radius 1 is 1.50 bits per heavy atom. The fraction of sp³-hybridized carbons (Fsp3) is 0.364. The predicted molar refractivity (Wildman–Crippen MR) is 64.7 cm³/mol. The van der Waals surface area contributed by atoms with E-state index in [1.807, 2.05) is 29.6 Å². The van der Waals surface area contributed by atoms with Gasteiger partial charge in [0.25, 0.3) is 0 Å². The van der Waals surface area contributed by atoms with Crippen molar-refractivity contribution in [2.24, 2.45) is 12.8 Å². The second-order valence-electron chi connectivity index (χ2n) is 3.85. The van der Waals surface area contributed by atoms with E-state index < -0.39 is 0 Å². The third-order valence-electron chi connectivity index (χ3n) is 2.65. The van der Waals surface area contributed by atoms with Gasteiger partial charge in [0.2, 0.25) is 5.95 Å². The molecule has 2 aromatic rings. The van der Waals surface area contributed by atoms with Crippen LogP contribution in [0.15, 0.2) is 18.2 Å². The highest BCUT2D eigenvalue weighted by Gasteiger charge is 2.11. The molecule has 3 N–H and O–H groups in total. The predicted octanol–water partition coefficient (Wildman–Crippen LogP) is 0.674. The number of likely N-dealkylation sites (N-methyl/N-ethyl adjacent to an activating group) is 1. The highest BCUT2D eigenvalue weighted by molar-refractivity contribution is 5.80. The summed E-state index contributed by atoms with van der Waals surface area (Å²) >= 11 is 0. The van der Waals surface area contributed by atoms with Gasteiger partial charge in [-0.2, -0.15) is 0 Å². The van der Waals surface area contributed by atoms with E-state index in [9.17, 15) is 5.11 Å². The summed E-state index contributed by atoms with van der Waals surface area (Å²) in [4.78, 5) is 6.46. The van der Waals surface area contributed by atoms with E-state index in [4.69, 9.17) is 5.73 Å². The molecular formula is C11H16N4O. The van der Waals surface area contributed by atoms with E-state index in [0.29, 0.717) is 6.54 Å². The van der Waals surface area contributed by atoms with Crippen molar-refractivity contribution in [3.63, 3.8) is 0 Å². The number of fused-ring (bicyclic) bond motifs is 1. The second-order valence-corrected chi connectivity index (χ2v) is 3.85. The molecule has 1 heterocycles. The van der Waals surface area contributed by atoms with Crippen LogP contribution in [-0.2, 0) is 7.05 Å². The standard InChI is InChI=1S/C11H16N4O/c1-14(6-5-12)11-13-9-7-8(16)3-4-10(9)15(11)2/h3-4,7,16H,5-6,12H2,1-2H3. The minimum absolute atomic E-state index is 0.235. The Bertz CT molecular complexity index is 506. The van der Waals surface area contributed by atoms with Crippen molar-refractivity contribution in [2.45, 2.75) is 0 Å².